The maximum atomic E-state index is 12.0. The van der Waals surface area contributed by atoms with Crippen molar-refractivity contribution in [1.82, 2.24) is 5.43 Å². The van der Waals surface area contributed by atoms with Crippen molar-refractivity contribution in [3.8, 4) is 11.3 Å². The Kier molecular flexibility index (Phi) is 5.12. The quantitative estimate of drug-likeness (QED) is 0.539. The van der Waals surface area contributed by atoms with E-state index in [9.17, 15) is 10.0 Å². The van der Waals surface area contributed by atoms with Crippen LogP contribution < -0.4 is 10.7 Å². The second-order valence-electron chi connectivity index (χ2n) is 5.59. The summed E-state index contributed by atoms with van der Waals surface area (Å²) in [6.45, 7) is 2.01. The minimum absolute atomic E-state index is 0.0459. The average Bonchev–Trinajstić information content (AvgIpc) is 3.11. The number of carbonyl (C=O) groups excluding carboxylic acids is 1. The normalized spacial score (nSPS) is 10.9. The van der Waals surface area contributed by atoms with Crippen molar-refractivity contribution in [1.29, 1.82) is 0 Å². The standard InChI is InChI=1S/C19H16N3O4/c1-13-5-7-14(8-6-13)18-10-9-17(26-18)12-20-21-19(23)15-3-2-4-16(11-15)22(24)25/h2-12,24H,1H3,(H,21,23)/q-1. The molecule has 0 saturated heterocycles. The van der Waals surface area contributed by atoms with Crippen molar-refractivity contribution in [3.63, 3.8) is 0 Å². The number of anilines is 1. The van der Waals surface area contributed by atoms with Gasteiger partial charge in [-0.3, -0.25) is 10.0 Å². The number of hydrazone groups is 1. The highest BCUT2D eigenvalue weighted by Gasteiger charge is 2.06. The lowest BCUT2D eigenvalue weighted by Crippen LogP contribution is -2.18. The van der Waals surface area contributed by atoms with Crippen molar-refractivity contribution in [2.75, 3.05) is 5.23 Å². The number of furan rings is 1. The lowest BCUT2D eigenvalue weighted by molar-refractivity contribution is 0.0955. The zero-order chi connectivity index (χ0) is 18.5. The molecule has 26 heavy (non-hydrogen) atoms. The lowest BCUT2D eigenvalue weighted by Gasteiger charge is -2.21. The van der Waals surface area contributed by atoms with E-state index < -0.39 is 5.91 Å². The molecular weight excluding hydrogens is 334 g/mol. The van der Waals surface area contributed by atoms with Crippen LogP contribution in [-0.4, -0.2) is 17.3 Å². The number of nitrogens with one attached hydrogen (secondary N) is 1. The summed E-state index contributed by atoms with van der Waals surface area (Å²) in [7, 11) is 0. The number of benzene rings is 2. The molecule has 0 aliphatic heterocycles. The number of carbonyl (C=O) groups is 1. The van der Waals surface area contributed by atoms with Gasteiger partial charge in [-0.05, 0) is 37.3 Å². The van der Waals surface area contributed by atoms with Gasteiger partial charge in [0.2, 0.25) is 0 Å². The summed E-state index contributed by atoms with van der Waals surface area (Å²) in [6, 6.07) is 17.1. The third kappa shape index (κ3) is 4.15. The number of nitrogens with zero attached hydrogens (tertiary/aromatic N) is 2. The molecular formula is C19H16N3O4-. The molecule has 0 saturated carbocycles. The smallest absolute Gasteiger partial charge is 0.271 e. The molecule has 7 heteroatoms. The van der Waals surface area contributed by atoms with E-state index >= 15 is 0 Å². The molecule has 0 aliphatic rings. The summed E-state index contributed by atoms with van der Waals surface area (Å²) >= 11 is 0. The summed E-state index contributed by atoms with van der Waals surface area (Å²) in [6.07, 6.45) is 1.38. The minimum atomic E-state index is -0.518. The molecule has 1 amide bonds. The average molecular weight is 350 g/mol. The fraction of sp³-hybridized carbons (Fsp3) is 0.0526. The predicted octanol–water partition coefficient (Wildman–Crippen LogP) is 3.71. The summed E-state index contributed by atoms with van der Waals surface area (Å²) < 4.78 is 5.67. The third-order valence-electron chi connectivity index (χ3n) is 3.65. The van der Waals surface area contributed by atoms with Crippen LogP contribution in [0.15, 0.2) is 70.2 Å². The number of hydrogen-bond donors (Lipinski definition) is 2. The van der Waals surface area contributed by atoms with Gasteiger partial charge in [-0.25, -0.2) is 5.43 Å². The van der Waals surface area contributed by atoms with Gasteiger partial charge in [0.15, 0.2) is 0 Å². The van der Waals surface area contributed by atoms with Crippen molar-refractivity contribution < 1.29 is 14.4 Å². The second kappa shape index (κ2) is 7.64. The van der Waals surface area contributed by atoms with E-state index in [1.54, 1.807) is 6.07 Å². The fourth-order valence-electron chi connectivity index (χ4n) is 2.28. The van der Waals surface area contributed by atoms with Crippen LogP contribution in [0.1, 0.15) is 21.7 Å². The maximum Gasteiger partial charge on any atom is 0.271 e. The van der Waals surface area contributed by atoms with Gasteiger partial charge in [0.1, 0.15) is 11.5 Å². The minimum Gasteiger partial charge on any atom is -0.733 e. The van der Waals surface area contributed by atoms with Crippen molar-refractivity contribution in [2.24, 2.45) is 5.10 Å². The molecule has 0 bridgehead atoms. The van der Waals surface area contributed by atoms with E-state index in [1.165, 1.54) is 30.5 Å². The van der Waals surface area contributed by atoms with Gasteiger partial charge in [0.05, 0.1) is 11.9 Å². The zero-order valence-corrected chi connectivity index (χ0v) is 13.9. The molecule has 0 spiro atoms. The van der Waals surface area contributed by atoms with Gasteiger partial charge < -0.3 is 14.9 Å². The highest BCUT2D eigenvalue weighted by atomic mass is 16.8. The molecule has 3 rings (SSSR count). The van der Waals surface area contributed by atoms with E-state index in [0.717, 1.165) is 11.1 Å². The molecule has 0 atom stereocenters. The van der Waals surface area contributed by atoms with E-state index in [1.807, 2.05) is 37.3 Å². The molecule has 0 unspecified atom stereocenters. The number of rotatable bonds is 5. The molecule has 2 N–H and O–H groups in total. The highest BCUT2D eigenvalue weighted by molar-refractivity contribution is 5.95. The van der Waals surface area contributed by atoms with Gasteiger partial charge in [0.25, 0.3) is 5.91 Å². The van der Waals surface area contributed by atoms with Crippen LogP contribution in [-0.2, 0) is 0 Å². The van der Waals surface area contributed by atoms with Gasteiger partial charge in [-0.1, -0.05) is 35.9 Å². The molecule has 0 radical (unpaired) electrons. The Hall–Kier alpha value is -3.42. The van der Waals surface area contributed by atoms with E-state index in [-0.39, 0.29) is 16.5 Å². The Morgan fingerprint density at radius 2 is 1.96 bits per heavy atom. The summed E-state index contributed by atoms with van der Waals surface area (Å²) in [5, 5.41) is 23.3. The summed E-state index contributed by atoms with van der Waals surface area (Å²) in [5.41, 5.74) is 4.59. The Morgan fingerprint density at radius 3 is 2.69 bits per heavy atom. The SMILES string of the molecule is Cc1ccc(-c2ccc(C=NNC(=O)c3cccc(N([O-])O)c3)o2)cc1. The number of amides is 1. The molecule has 3 aromatic rings. The van der Waals surface area contributed by atoms with Crippen LogP contribution in [0.25, 0.3) is 11.3 Å². The van der Waals surface area contributed by atoms with Gasteiger partial charge in [0, 0.05) is 11.1 Å². The van der Waals surface area contributed by atoms with Crippen LogP contribution in [0.2, 0.25) is 0 Å². The predicted molar refractivity (Wildman–Crippen MR) is 98.0 cm³/mol. The molecule has 2 aromatic carbocycles. The molecule has 132 valence electrons. The van der Waals surface area contributed by atoms with Crippen LogP contribution in [0.4, 0.5) is 5.69 Å². The third-order valence-corrected chi connectivity index (χ3v) is 3.65. The Labute approximate surface area is 149 Å². The monoisotopic (exact) mass is 350 g/mol. The van der Waals surface area contributed by atoms with Crippen LogP contribution in [0.5, 0.6) is 0 Å². The van der Waals surface area contributed by atoms with E-state index in [4.69, 9.17) is 9.62 Å². The van der Waals surface area contributed by atoms with Crippen LogP contribution >= 0.6 is 0 Å². The molecule has 7 nitrogen and oxygen atoms in total. The highest BCUT2D eigenvalue weighted by Crippen LogP contribution is 2.21. The first-order valence-electron chi connectivity index (χ1n) is 7.79. The first-order chi connectivity index (χ1) is 12.5. The second-order valence-corrected chi connectivity index (χ2v) is 5.59. The molecule has 1 aromatic heterocycles. The fourth-order valence-corrected chi connectivity index (χ4v) is 2.28. The molecule has 0 fully saturated rings. The molecule has 1 heterocycles. The van der Waals surface area contributed by atoms with Crippen LogP contribution in [0, 0.1) is 12.1 Å². The van der Waals surface area contributed by atoms with Gasteiger partial charge in [-0.15, -0.1) is 0 Å². The number of hydrogen-bond acceptors (Lipinski definition) is 6. The maximum absolute atomic E-state index is 12.0. The first kappa shape index (κ1) is 17.4. The Bertz CT molecular complexity index is 930. The Morgan fingerprint density at radius 1 is 1.19 bits per heavy atom. The van der Waals surface area contributed by atoms with Gasteiger partial charge >= 0.3 is 0 Å². The topological polar surface area (TPSA) is 101 Å². The summed E-state index contributed by atoms with van der Waals surface area (Å²) in [5.74, 6) is 0.662. The van der Waals surface area contributed by atoms with Gasteiger partial charge in [-0.2, -0.15) is 5.10 Å². The first-order valence-corrected chi connectivity index (χ1v) is 7.79. The zero-order valence-electron chi connectivity index (χ0n) is 13.9. The number of aryl methyl sites for hydroxylation is 1. The summed E-state index contributed by atoms with van der Waals surface area (Å²) in [4.78, 5) is 12.0. The lowest BCUT2D eigenvalue weighted by atomic mass is 10.1. The van der Waals surface area contributed by atoms with Crippen molar-refractivity contribution in [3.05, 3.63) is 82.8 Å². The molecule has 0 aliphatic carbocycles. The van der Waals surface area contributed by atoms with E-state index in [2.05, 4.69) is 10.5 Å². The Balaban J connectivity index is 1.64. The van der Waals surface area contributed by atoms with Crippen LogP contribution in [0.3, 0.4) is 0 Å². The van der Waals surface area contributed by atoms with E-state index in [0.29, 0.717) is 11.5 Å². The van der Waals surface area contributed by atoms with Crippen molar-refractivity contribution >= 4 is 17.8 Å². The van der Waals surface area contributed by atoms with Crippen molar-refractivity contribution in [2.45, 2.75) is 6.92 Å². The largest absolute Gasteiger partial charge is 0.733 e.